The average Bonchev–Trinajstić information content (AvgIpc) is 2.57. The number of methoxy groups -OCH3 is 1. The van der Waals surface area contributed by atoms with Crippen molar-refractivity contribution in [2.75, 3.05) is 12.4 Å². The second kappa shape index (κ2) is 8.12. The van der Waals surface area contributed by atoms with E-state index in [1.807, 2.05) is 19.1 Å². The number of para-hydroxylation sites is 1. The van der Waals surface area contributed by atoms with Crippen molar-refractivity contribution >= 4 is 35.3 Å². The van der Waals surface area contributed by atoms with Gasteiger partial charge in [-0.05, 0) is 42.3 Å². The molecule has 7 heteroatoms. The first-order valence-corrected chi connectivity index (χ1v) is 7.42. The van der Waals surface area contributed by atoms with E-state index in [4.69, 9.17) is 16.3 Å². The number of amides is 2. The Kier molecular flexibility index (Phi) is 5.92. The van der Waals surface area contributed by atoms with Crippen LogP contribution in [-0.4, -0.2) is 25.1 Å². The van der Waals surface area contributed by atoms with Crippen LogP contribution in [0, 0.1) is 6.92 Å². The van der Waals surface area contributed by atoms with Crippen molar-refractivity contribution in [3.05, 3.63) is 58.6 Å². The lowest BCUT2D eigenvalue weighted by Gasteiger charge is -2.06. The molecule has 0 aliphatic carbocycles. The third-order valence-corrected chi connectivity index (χ3v) is 3.45. The van der Waals surface area contributed by atoms with Crippen molar-refractivity contribution in [3.8, 4) is 5.75 Å². The van der Waals surface area contributed by atoms with E-state index >= 15 is 0 Å². The molecule has 0 radical (unpaired) electrons. The fraction of sp³-hybridized carbons (Fsp3) is 0.118. The summed E-state index contributed by atoms with van der Waals surface area (Å²) >= 11 is 5.99. The average molecular weight is 346 g/mol. The van der Waals surface area contributed by atoms with Crippen molar-refractivity contribution in [1.82, 2.24) is 5.43 Å². The Morgan fingerprint density at radius 1 is 1.17 bits per heavy atom. The van der Waals surface area contributed by atoms with Gasteiger partial charge in [0.05, 0.1) is 18.3 Å². The molecule has 0 heterocycles. The van der Waals surface area contributed by atoms with Gasteiger partial charge in [-0.25, -0.2) is 5.43 Å². The standard InChI is InChI=1S/C17H16ClN3O3/c1-11-5-3-4-6-14(11)20-16(22)17(23)21-19-10-12-7-8-15(24-2)13(18)9-12/h3-10H,1-2H3,(H,20,22)(H,21,23)/b19-10-. The third-order valence-electron chi connectivity index (χ3n) is 3.16. The minimum absolute atomic E-state index is 0.421. The minimum atomic E-state index is -0.867. The van der Waals surface area contributed by atoms with Gasteiger partial charge in [0.15, 0.2) is 0 Å². The molecule has 0 bridgehead atoms. The molecule has 0 aliphatic rings. The molecule has 2 rings (SSSR count). The molecule has 0 saturated carbocycles. The second-order valence-corrected chi connectivity index (χ2v) is 5.27. The Morgan fingerprint density at radius 3 is 2.58 bits per heavy atom. The number of hydrogen-bond donors (Lipinski definition) is 2. The van der Waals surface area contributed by atoms with E-state index in [1.165, 1.54) is 13.3 Å². The van der Waals surface area contributed by atoms with Crippen LogP contribution in [0.4, 0.5) is 5.69 Å². The normalized spacial score (nSPS) is 10.5. The molecule has 24 heavy (non-hydrogen) atoms. The Labute approximate surface area is 144 Å². The van der Waals surface area contributed by atoms with E-state index in [0.717, 1.165) is 5.56 Å². The van der Waals surface area contributed by atoms with E-state index < -0.39 is 11.8 Å². The maximum atomic E-state index is 11.8. The second-order valence-electron chi connectivity index (χ2n) is 4.86. The summed E-state index contributed by atoms with van der Waals surface area (Å²) in [6, 6.07) is 12.2. The van der Waals surface area contributed by atoms with Crippen LogP contribution in [0.2, 0.25) is 5.02 Å². The smallest absolute Gasteiger partial charge is 0.329 e. The van der Waals surface area contributed by atoms with Gasteiger partial charge in [-0.1, -0.05) is 29.8 Å². The topological polar surface area (TPSA) is 79.8 Å². The number of anilines is 1. The number of nitrogens with one attached hydrogen (secondary N) is 2. The van der Waals surface area contributed by atoms with Gasteiger partial charge in [0.1, 0.15) is 5.75 Å². The summed E-state index contributed by atoms with van der Waals surface area (Å²) < 4.78 is 5.04. The Morgan fingerprint density at radius 2 is 1.92 bits per heavy atom. The van der Waals surface area contributed by atoms with Gasteiger partial charge in [0, 0.05) is 5.69 Å². The Bertz CT molecular complexity index is 790. The molecule has 2 N–H and O–H groups in total. The fourth-order valence-corrected chi connectivity index (χ4v) is 2.14. The lowest BCUT2D eigenvalue weighted by Crippen LogP contribution is -2.32. The molecular formula is C17H16ClN3O3. The summed E-state index contributed by atoms with van der Waals surface area (Å²) in [5.74, 6) is -1.13. The summed E-state index contributed by atoms with van der Waals surface area (Å²) in [4.78, 5) is 23.5. The van der Waals surface area contributed by atoms with E-state index in [0.29, 0.717) is 22.0 Å². The zero-order valence-electron chi connectivity index (χ0n) is 13.2. The SMILES string of the molecule is COc1ccc(/C=N\NC(=O)C(=O)Nc2ccccc2C)cc1Cl. The van der Waals surface area contributed by atoms with Gasteiger partial charge in [-0.2, -0.15) is 5.10 Å². The van der Waals surface area contributed by atoms with Gasteiger partial charge >= 0.3 is 11.8 Å². The number of hydrazone groups is 1. The lowest BCUT2D eigenvalue weighted by molar-refractivity contribution is -0.136. The minimum Gasteiger partial charge on any atom is -0.495 e. The van der Waals surface area contributed by atoms with E-state index in [9.17, 15) is 9.59 Å². The maximum Gasteiger partial charge on any atom is 0.329 e. The molecule has 6 nitrogen and oxygen atoms in total. The number of hydrogen-bond acceptors (Lipinski definition) is 4. The summed E-state index contributed by atoms with van der Waals surface area (Å²) in [5.41, 5.74) is 4.25. The molecule has 2 aromatic rings. The molecule has 0 unspecified atom stereocenters. The zero-order chi connectivity index (χ0) is 17.5. The monoisotopic (exact) mass is 345 g/mol. The largest absolute Gasteiger partial charge is 0.495 e. The number of halogens is 1. The quantitative estimate of drug-likeness (QED) is 0.508. The highest BCUT2D eigenvalue weighted by atomic mass is 35.5. The first-order valence-electron chi connectivity index (χ1n) is 7.05. The Hall–Kier alpha value is -2.86. The number of ether oxygens (including phenoxy) is 1. The fourth-order valence-electron chi connectivity index (χ4n) is 1.87. The van der Waals surface area contributed by atoms with Crippen LogP contribution < -0.4 is 15.5 Å². The number of carbonyl (C=O) groups is 2. The zero-order valence-corrected chi connectivity index (χ0v) is 13.9. The predicted molar refractivity (Wildman–Crippen MR) is 93.5 cm³/mol. The van der Waals surface area contributed by atoms with E-state index in [1.54, 1.807) is 30.3 Å². The highest BCUT2D eigenvalue weighted by Crippen LogP contribution is 2.24. The third kappa shape index (κ3) is 4.57. The van der Waals surface area contributed by atoms with Gasteiger partial charge < -0.3 is 10.1 Å². The summed E-state index contributed by atoms with van der Waals surface area (Å²) in [6.07, 6.45) is 1.38. The number of aryl methyl sites for hydroxylation is 1. The molecule has 0 aromatic heterocycles. The molecule has 0 aliphatic heterocycles. The van der Waals surface area contributed by atoms with Crippen molar-refractivity contribution in [2.45, 2.75) is 6.92 Å². The maximum absolute atomic E-state index is 11.8. The van der Waals surface area contributed by atoms with Crippen LogP contribution in [0.3, 0.4) is 0 Å². The van der Waals surface area contributed by atoms with E-state index in [-0.39, 0.29) is 0 Å². The van der Waals surface area contributed by atoms with Crippen molar-refractivity contribution in [3.63, 3.8) is 0 Å². The summed E-state index contributed by atoms with van der Waals surface area (Å²) in [5, 5.41) is 6.68. The van der Waals surface area contributed by atoms with Crippen molar-refractivity contribution < 1.29 is 14.3 Å². The van der Waals surface area contributed by atoms with Crippen LogP contribution in [-0.2, 0) is 9.59 Å². The molecule has 0 spiro atoms. The number of carbonyl (C=O) groups excluding carboxylic acids is 2. The Balaban J connectivity index is 1.93. The predicted octanol–water partition coefficient (Wildman–Crippen LogP) is 2.75. The van der Waals surface area contributed by atoms with Crippen LogP contribution in [0.15, 0.2) is 47.6 Å². The molecule has 0 saturated heterocycles. The summed E-state index contributed by atoms with van der Waals surface area (Å²) in [6.45, 7) is 1.83. The van der Waals surface area contributed by atoms with Gasteiger partial charge in [0.25, 0.3) is 0 Å². The van der Waals surface area contributed by atoms with Gasteiger partial charge in [0.2, 0.25) is 0 Å². The summed E-state index contributed by atoms with van der Waals surface area (Å²) in [7, 11) is 1.52. The molecule has 2 aromatic carbocycles. The molecule has 124 valence electrons. The molecule has 0 fully saturated rings. The lowest BCUT2D eigenvalue weighted by atomic mass is 10.2. The van der Waals surface area contributed by atoms with Crippen molar-refractivity contribution in [2.24, 2.45) is 5.10 Å². The molecule has 2 amide bonds. The number of nitrogens with zero attached hydrogens (tertiary/aromatic N) is 1. The van der Waals surface area contributed by atoms with Crippen LogP contribution in [0.5, 0.6) is 5.75 Å². The van der Waals surface area contributed by atoms with Crippen molar-refractivity contribution in [1.29, 1.82) is 0 Å². The first kappa shape index (κ1) is 17.5. The van der Waals surface area contributed by atoms with Crippen LogP contribution in [0.1, 0.15) is 11.1 Å². The van der Waals surface area contributed by atoms with Gasteiger partial charge in [-0.3, -0.25) is 9.59 Å². The molecule has 0 atom stereocenters. The highest BCUT2D eigenvalue weighted by Gasteiger charge is 2.13. The highest BCUT2D eigenvalue weighted by molar-refractivity contribution is 6.39. The van der Waals surface area contributed by atoms with Crippen LogP contribution in [0.25, 0.3) is 0 Å². The van der Waals surface area contributed by atoms with Crippen LogP contribution >= 0.6 is 11.6 Å². The molecular weight excluding hydrogens is 330 g/mol. The number of benzene rings is 2. The van der Waals surface area contributed by atoms with Gasteiger partial charge in [-0.15, -0.1) is 0 Å². The number of rotatable bonds is 4. The van der Waals surface area contributed by atoms with E-state index in [2.05, 4.69) is 15.8 Å². The first-order chi connectivity index (χ1) is 11.5.